The fourth-order valence-corrected chi connectivity index (χ4v) is 7.87. The minimum Gasteiger partial charge on any atom is -0.478 e. The van der Waals surface area contributed by atoms with E-state index >= 15 is 0 Å². The third-order valence-corrected chi connectivity index (χ3v) is 11.1. The van der Waals surface area contributed by atoms with Crippen LogP contribution in [0.5, 0.6) is 0 Å². The summed E-state index contributed by atoms with van der Waals surface area (Å²) in [4.78, 5) is 42.3. The highest BCUT2D eigenvalue weighted by Gasteiger charge is 2.45. The van der Waals surface area contributed by atoms with E-state index in [0.29, 0.717) is 80.6 Å². The van der Waals surface area contributed by atoms with Crippen molar-refractivity contribution in [3.8, 4) is 0 Å². The van der Waals surface area contributed by atoms with Crippen molar-refractivity contribution >= 4 is 34.9 Å². The van der Waals surface area contributed by atoms with Gasteiger partial charge in [-0.2, -0.15) is 14.8 Å². The Labute approximate surface area is 334 Å². The van der Waals surface area contributed by atoms with Crippen molar-refractivity contribution in [2.45, 2.75) is 68.9 Å². The summed E-state index contributed by atoms with van der Waals surface area (Å²) in [6.45, 7) is 3.86. The molecule has 1 aliphatic heterocycles. The number of amides is 2. The van der Waals surface area contributed by atoms with Crippen LogP contribution >= 0.6 is 0 Å². The number of carboxylic acid groups (broad SMARTS) is 1. The molecule has 1 saturated carbocycles. The Kier molecular flexibility index (Phi) is 11.2. The lowest BCUT2D eigenvalue weighted by Crippen LogP contribution is -2.44. The summed E-state index contributed by atoms with van der Waals surface area (Å²) in [5, 5.41) is 54.0. The number of imidazole rings is 1. The molecule has 2 amide bonds. The summed E-state index contributed by atoms with van der Waals surface area (Å²) in [7, 11) is 0. The average Bonchev–Trinajstić information content (AvgIpc) is 4.06. The maximum Gasteiger partial charge on any atom is 0.335 e. The molecule has 17 heteroatoms. The van der Waals surface area contributed by atoms with Gasteiger partial charge in [0.05, 0.1) is 17.9 Å². The fourth-order valence-electron chi connectivity index (χ4n) is 7.87. The normalized spacial score (nSPS) is 20.5. The number of fused-ring (bicyclic) bond motifs is 1. The van der Waals surface area contributed by atoms with Crippen LogP contribution in [0.1, 0.15) is 70.6 Å². The Morgan fingerprint density at radius 3 is 2.29 bits per heavy atom. The lowest BCUT2D eigenvalue weighted by atomic mass is 9.91. The Hall–Kier alpha value is -6.46. The molecule has 0 spiro atoms. The van der Waals surface area contributed by atoms with Crippen molar-refractivity contribution in [1.82, 2.24) is 50.4 Å². The first-order chi connectivity index (χ1) is 28.2. The van der Waals surface area contributed by atoms with E-state index in [-0.39, 0.29) is 23.6 Å². The van der Waals surface area contributed by atoms with Crippen LogP contribution in [0.25, 0.3) is 11.2 Å². The van der Waals surface area contributed by atoms with Crippen LogP contribution in [0.3, 0.4) is 0 Å². The quantitative estimate of drug-likeness (QED) is 0.0934. The van der Waals surface area contributed by atoms with E-state index in [1.165, 1.54) is 4.80 Å². The number of carbonyl (C=O) groups excluding carboxylic acids is 1. The number of aromatic nitrogens is 8. The Morgan fingerprint density at radius 2 is 1.62 bits per heavy atom. The summed E-state index contributed by atoms with van der Waals surface area (Å²) in [6, 6.07) is 25.5. The number of aliphatic hydroxyl groups excluding tert-OH is 2. The van der Waals surface area contributed by atoms with E-state index in [2.05, 4.69) is 55.6 Å². The molecule has 1 saturated heterocycles. The number of nitrogens with one attached hydrogen (secondary N) is 3. The summed E-state index contributed by atoms with van der Waals surface area (Å²) >= 11 is 0. The van der Waals surface area contributed by atoms with E-state index in [1.54, 1.807) is 35.2 Å². The van der Waals surface area contributed by atoms with Gasteiger partial charge in [-0.05, 0) is 53.3 Å². The SMILES string of the molecule is CCc1nnn([C@H]2C[C@@H](n3cnc4c(NCC(c5ccccc5)c5ccccc5)nc(N5CCC(NC(=O)NCCc6ccc(C(=O)O)cc6)C5)nc43)[C@H](O)[C@@H]2O)n1. The van der Waals surface area contributed by atoms with Crippen molar-refractivity contribution < 1.29 is 24.9 Å². The lowest BCUT2D eigenvalue weighted by molar-refractivity contribution is 0.00473. The van der Waals surface area contributed by atoms with Gasteiger partial charge in [0.1, 0.15) is 18.2 Å². The number of hydrogen-bond donors (Lipinski definition) is 6. The van der Waals surface area contributed by atoms with E-state index < -0.39 is 30.3 Å². The number of anilines is 2. The molecule has 6 N–H and O–H groups in total. The van der Waals surface area contributed by atoms with Crippen LogP contribution < -0.4 is 20.9 Å². The maximum atomic E-state index is 12.9. The number of urea groups is 1. The largest absolute Gasteiger partial charge is 0.478 e. The van der Waals surface area contributed by atoms with Crippen LogP contribution in [-0.2, 0) is 12.8 Å². The van der Waals surface area contributed by atoms with Crippen molar-refractivity contribution in [2.24, 2.45) is 0 Å². The van der Waals surface area contributed by atoms with Gasteiger partial charge in [0.2, 0.25) is 5.95 Å². The zero-order chi connectivity index (χ0) is 40.2. The predicted octanol–water partition coefficient (Wildman–Crippen LogP) is 3.35. The Balaban J connectivity index is 1.03. The first-order valence-electron chi connectivity index (χ1n) is 19.6. The number of tetrazole rings is 1. The van der Waals surface area contributed by atoms with Gasteiger partial charge < -0.3 is 40.7 Å². The second-order valence-corrected chi connectivity index (χ2v) is 14.8. The van der Waals surface area contributed by atoms with Gasteiger partial charge in [0, 0.05) is 44.6 Å². The summed E-state index contributed by atoms with van der Waals surface area (Å²) in [5.74, 6) is 0.535. The summed E-state index contributed by atoms with van der Waals surface area (Å²) < 4.78 is 1.80. The van der Waals surface area contributed by atoms with E-state index in [4.69, 9.17) is 20.1 Å². The predicted molar refractivity (Wildman–Crippen MR) is 215 cm³/mol. The molecule has 58 heavy (non-hydrogen) atoms. The second kappa shape index (κ2) is 17.0. The molecule has 3 aromatic heterocycles. The third-order valence-electron chi connectivity index (χ3n) is 11.1. The van der Waals surface area contributed by atoms with Crippen molar-refractivity contribution in [1.29, 1.82) is 0 Å². The number of benzene rings is 3. The molecular weight excluding hydrogens is 741 g/mol. The molecule has 5 atom stereocenters. The highest BCUT2D eigenvalue weighted by atomic mass is 16.4. The lowest BCUT2D eigenvalue weighted by Gasteiger charge is -2.22. The molecule has 2 aliphatic rings. The molecule has 3 aromatic carbocycles. The Morgan fingerprint density at radius 1 is 0.914 bits per heavy atom. The van der Waals surface area contributed by atoms with Crippen molar-refractivity contribution in [2.75, 3.05) is 36.4 Å². The fraction of sp³-hybridized carbons (Fsp3) is 0.366. The first kappa shape index (κ1) is 38.4. The monoisotopic (exact) mass is 786 g/mol. The smallest absolute Gasteiger partial charge is 0.335 e. The summed E-state index contributed by atoms with van der Waals surface area (Å²) in [5.41, 5.74) is 4.43. The molecule has 300 valence electrons. The van der Waals surface area contributed by atoms with Gasteiger partial charge in [0.15, 0.2) is 22.8 Å². The third kappa shape index (κ3) is 8.17. The molecule has 17 nitrogen and oxygen atoms in total. The van der Waals surface area contributed by atoms with Crippen LogP contribution in [0.15, 0.2) is 91.3 Å². The Bertz CT molecular complexity index is 2300. The van der Waals surface area contributed by atoms with E-state index in [1.807, 2.05) is 48.2 Å². The van der Waals surface area contributed by atoms with E-state index in [9.17, 15) is 19.8 Å². The van der Waals surface area contributed by atoms with E-state index in [0.717, 1.165) is 16.7 Å². The summed E-state index contributed by atoms with van der Waals surface area (Å²) in [6.07, 6.45) is 1.46. The van der Waals surface area contributed by atoms with Crippen molar-refractivity contribution in [3.05, 3.63) is 119 Å². The molecule has 0 bridgehead atoms. The first-order valence-corrected chi connectivity index (χ1v) is 19.6. The number of nitrogens with zero attached hydrogens (tertiary/aromatic N) is 9. The number of aryl methyl sites for hydroxylation is 1. The number of rotatable bonds is 14. The topological polar surface area (TPSA) is 221 Å². The number of hydrogen-bond acceptors (Lipinski definition) is 12. The molecule has 8 rings (SSSR count). The van der Waals surface area contributed by atoms with Gasteiger partial charge in [0.25, 0.3) is 0 Å². The van der Waals surface area contributed by atoms with Crippen LogP contribution in [-0.4, -0.2) is 111 Å². The van der Waals surface area contributed by atoms with Crippen LogP contribution in [0.2, 0.25) is 0 Å². The molecule has 1 aliphatic carbocycles. The molecule has 0 radical (unpaired) electrons. The highest BCUT2D eigenvalue weighted by molar-refractivity contribution is 5.87. The minimum atomic E-state index is -1.16. The van der Waals surface area contributed by atoms with Gasteiger partial charge in [-0.3, -0.25) is 0 Å². The van der Waals surface area contributed by atoms with Gasteiger partial charge >= 0.3 is 12.0 Å². The van der Waals surface area contributed by atoms with Crippen LogP contribution in [0.4, 0.5) is 16.6 Å². The number of carbonyl (C=O) groups is 2. The molecular formula is C41H46N12O5. The average molecular weight is 787 g/mol. The van der Waals surface area contributed by atoms with Gasteiger partial charge in [-0.25, -0.2) is 14.6 Å². The van der Waals surface area contributed by atoms with Crippen LogP contribution in [0, 0.1) is 0 Å². The van der Waals surface area contributed by atoms with Gasteiger partial charge in [-0.1, -0.05) is 79.7 Å². The van der Waals surface area contributed by atoms with Crippen molar-refractivity contribution in [3.63, 3.8) is 0 Å². The zero-order valence-electron chi connectivity index (χ0n) is 32.0. The molecule has 4 heterocycles. The molecule has 1 unspecified atom stereocenters. The standard InChI is InChI=1S/C41H46N12O5/c1-2-33-48-50-53(49-33)32-21-31(35(54)36(32)55)52-24-44-34-37(43-22-30(26-9-5-3-6-10-26)27-11-7-4-8-12-27)46-40(47-38(34)52)51-20-18-29(23-51)45-41(58)42-19-17-25-13-15-28(16-14-25)39(56)57/h3-16,24,29-32,35-36,54-55H,2,17-23H2,1H3,(H,56,57)(H2,42,45,58)(H,43,46,47)/t29?,31-,32+,35+,36-/m1/s1. The highest BCUT2D eigenvalue weighted by Crippen LogP contribution is 2.40. The number of aliphatic hydroxyl groups is 2. The molecule has 6 aromatic rings. The number of carboxylic acids is 1. The number of aromatic carboxylic acids is 1. The zero-order valence-corrected chi connectivity index (χ0v) is 32.0. The maximum absolute atomic E-state index is 12.9. The molecule has 2 fully saturated rings. The van der Waals surface area contributed by atoms with Gasteiger partial charge in [-0.15, -0.1) is 10.2 Å². The minimum absolute atomic E-state index is 0.00307. The second-order valence-electron chi connectivity index (χ2n) is 14.8.